The molecule has 8 nitrogen and oxygen atoms in total. The highest BCUT2D eigenvalue weighted by molar-refractivity contribution is 5.97. The van der Waals surface area contributed by atoms with E-state index in [4.69, 9.17) is 4.74 Å². The third kappa shape index (κ3) is 8.47. The quantitative estimate of drug-likeness (QED) is 0.390. The molecule has 0 saturated heterocycles. The maximum absolute atomic E-state index is 12.2. The maximum atomic E-state index is 12.2. The van der Waals surface area contributed by atoms with Crippen LogP contribution in [0.25, 0.3) is 0 Å². The zero-order chi connectivity index (χ0) is 22.5. The molecule has 0 aliphatic carbocycles. The van der Waals surface area contributed by atoms with Crippen LogP contribution in [0.3, 0.4) is 0 Å². The molecule has 166 valence electrons. The lowest BCUT2D eigenvalue weighted by molar-refractivity contribution is -0.114. The van der Waals surface area contributed by atoms with E-state index < -0.39 is 0 Å². The highest BCUT2D eigenvalue weighted by Crippen LogP contribution is 2.12. The van der Waals surface area contributed by atoms with Crippen LogP contribution in [0.5, 0.6) is 0 Å². The summed E-state index contributed by atoms with van der Waals surface area (Å²) in [5.74, 6) is -0.571. The van der Waals surface area contributed by atoms with E-state index in [2.05, 4.69) is 28.2 Å². The van der Waals surface area contributed by atoms with Gasteiger partial charge in [0.2, 0.25) is 5.91 Å². The van der Waals surface area contributed by atoms with Gasteiger partial charge in [0.25, 0.3) is 11.8 Å². The number of carbonyl (C=O) groups is 3. The Morgan fingerprint density at radius 1 is 0.871 bits per heavy atom. The minimum absolute atomic E-state index is 0.0418. The largest absolute Gasteiger partial charge is 0.383 e. The van der Waals surface area contributed by atoms with Crippen LogP contribution in [0, 0.1) is 0 Å². The minimum Gasteiger partial charge on any atom is -0.383 e. The van der Waals surface area contributed by atoms with Crippen molar-refractivity contribution in [1.29, 1.82) is 0 Å². The Kier molecular flexibility index (Phi) is 10.0. The molecule has 0 fully saturated rings. The molecule has 0 aromatic heterocycles. The lowest BCUT2D eigenvalue weighted by atomic mass is 10.2. The molecule has 4 N–H and O–H groups in total. The van der Waals surface area contributed by atoms with Gasteiger partial charge >= 0.3 is 0 Å². The van der Waals surface area contributed by atoms with Crippen LogP contribution in [-0.2, 0) is 9.53 Å². The van der Waals surface area contributed by atoms with Gasteiger partial charge in [-0.15, -0.1) is 0 Å². The predicted molar refractivity (Wildman–Crippen MR) is 121 cm³/mol. The molecule has 0 radical (unpaired) electrons. The molecular formula is C23H30N4O4. The van der Waals surface area contributed by atoms with Crippen LogP contribution in [-0.4, -0.2) is 51.1 Å². The van der Waals surface area contributed by atoms with Crippen molar-refractivity contribution in [1.82, 2.24) is 10.6 Å². The normalized spacial score (nSPS) is 10.3. The third-order valence-corrected chi connectivity index (χ3v) is 4.42. The van der Waals surface area contributed by atoms with Gasteiger partial charge in [-0.05, 0) is 48.9 Å². The molecule has 3 amide bonds. The van der Waals surface area contributed by atoms with E-state index in [9.17, 15) is 14.4 Å². The smallest absolute Gasteiger partial charge is 0.251 e. The molecule has 0 aliphatic rings. The molecule has 0 heterocycles. The second-order valence-corrected chi connectivity index (χ2v) is 6.92. The van der Waals surface area contributed by atoms with Crippen LogP contribution >= 0.6 is 0 Å². The van der Waals surface area contributed by atoms with Gasteiger partial charge in [0.1, 0.15) is 0 Å². The standard InChI is InChI=1S/C23H30N4O4/c1-3-4-12-24-23(30)18-6-5-7-20(15-18)26-16-21(28)27-19-10-8-17(9-11-19)22(29)25-13-14-31-2/h5-11,15,26H,3-4,12-14,16H2,1-2H3,(H,24,30)(H,25,29)(H,27,28). The van der Waals surface area contributed by atoms with Crippen molar-refractivity contribution in [2.45, 2.75) is 19.8 Å². The van der Waals surface area contributed by atoms with E-state index in [0.717, 1.165) is 12.8 Å². The van der Waals surface area contributed by atoms with Crippen molar-refractivity contribution in [3.8, 4) is 0 Å². The number of anilines is 2. The first-order chi connectivity index (χ1) is 15.0. The highest BCUT2D eigenvalue weighted by Gasteiger charge is 2.08. The van der Waals surface area contributed by atoms with Gasteiger partial charge in [-0.2, -0.15) is 0 Å². The van der Waals surface area contributed by atoms with Gasteiger partial charge in [0.05, 0.1) is 13.2 Å². The summed E-state index contributed by atoms with van der Waals surface area (Å²) >= 11 is 0. The summed E-state index contributed by atoms with van der Waals surface area (Å²) < 4.78 is 4.90. The van der Waals surface area contributed by atoms with E-state index in [1.165, 1.54) is 0 Å². The summed E-state index contributed by atoms with van der Waals surface area (Å²) in [6.45, 7) is 3.63. The third-order valence-electron chi connectivity index (χ3n) is 4.42. The lowest BCUT2D eigenvalue weighted by Gasteiger charge is -2.10. The van der Waals surface area contributed by atoms with Crippen molar-refractivity contribution in [2.24, 2.45) is 0 Å². The Labute approximate surface area is 182 Å². The number of hydrogen-bond acceptors (Lipinski definition) is 5. The summed E-state index contributed by atoms with van der Waals surface area (Å²) in [6.07, 6.45) is 1.95. The maximum Gasteiger partial charge on any atom is 0.251 e. The minimum atomic E-state index is -0.241. The fourth-order valence-electron chi connectivity index (χ4n) is 2.71. The van der Waals surface area contributed by atoms with Gasteiger partial charge in [-0.25, -0.2) is 0 Å². The fourth-order valence-corrected chi connectivity index (χ4v) is 2.71. The average molecular weight is 427 g/mol. The summed E-state index contributed by atoms with van der Waals surface area (Å²) in [5, 5.41) is 11.4. The zero-order valence-electron chi connectivity index (χ0n) is 18.0. The van der Waals surface area contributed by atoms with Crippen molar-refractivity contribution in [2.75, 3.05) is 44.0 Å². The molecule has 0 unspecified atom stereocenters. The topological polar surface area (TPSA) is 109 Å². The first-order valence-corrected chi connectivity index (χ1v) is 10.3. The summed E-state index contributed by atoms with van der Waals surface area (Å²) in [5.41, 5.74) is 2.31. The van der Waals surface area contributed by atoms with E-state index >= 15 is 0 Å². The second kappa shape index (κ2) is 13.0. The Bertz CT molecular complexity index is 868. The van der Waals surface area contributed by atoms with Crippen molar-refractivity contribution in [3.05, 3.63) is 59.7 Å². The Morgan fingerprint density at radius 2 is 1.58 bits per heavy atom. The predicted octanol–water partition coefficient (Wildman–Crippen LogP) is 2.64. The molecule has 0 aliphatic heterocycles. The number of ether oxygens (including phenoxy) is 1. The first kappa shape index (κ1) is 23.9. The fraction of sp³-hybridized carbons (Fsp3) is 0.348. The van der Waals surface area contributed by atoms with Crippen molar-refractivity contribution >= 4 is 29.1 Å². The number of unbranched alkanes of at least 4 members (excludes halogenated alkanes) is 1. The molecule has 0 spiro atoms. The number of methoxy groups -OCH3 is 1. The van der Waals surface area contributed by atoms with Crippen LogP contribution in [0.15, 0.2) is 48.5 Å². The van der Waals surface area contributed by atoms with Gasteiger partial charge in [0.15, 0.2) is 0 Å². The first-order valence-electron chi connectivity index (χ1n) is 10.3. The van der Waals surface area contributed by atoms with E-state index in [0.29, 0.717) is 42.2 Å². The van der Waals surface area contributed by atoms with E-state index in [1.54, 1.807) is 55.6 Å². The summed E-state index contributed by atoms with van der Waals surface area (Å²) in [7, 11) is 1.57. The van der Waals surface area contributed by atoms with Gasteiger partial charge in [-0.1, -0.05) is 19.4 Å². The van der Waals surface area contributed by atoms with Gasteiger partial charge < -0.3 is 26.0 Å². The lowest BCUT2D eigenvalue weighted by Crippen LogP contribution is -2.27. The van der Waals surface area contributed by atoms with E-state index in [1.807, 2.05) is 0 Å². The van der Waals surface area contributed by atoms with Gasteiger partial charge in [-0.3, -0.25) is 14.4 Å². The molecule has 0 saturated carbocycles. The van der Waals surface area contributed by atoms with Crippen LogP contribution in [0.1, 0.15) is 40.5 Å². The molecule has 2 aromatic rings. The summed E-state index contributed by atoms with van der Waals surface area (Å²) in [4.78, 5) is 36.3. The highest BCUT2D eigenvalue weighted by atomic mass is 16.5. The average Bonchev–Trinajstić information content (AvgIpc) is 2.78. The van der Waals surface area contributed by atoms with Crippen LogP contribution in [0.2, 0.25) is 0 Å². The van der Waals surface area contributed by atoms with Crippen LogP contribution in [0.4, 0.5) is 11.4 Å². The number of hydrogen-bond donors (Lipinski definition) is 4. The van der Waals surface area contributed by atoms with E-state index in [-0.39, 0.29) is 24.3 Å². The second-order valence-electron chi connectivity index (χ2n) is 6.92. The van der Waals surface area contributed by atoms with Crippen LogP contribution < -0.4 is 21.3 Å². The van der Waals surface area contributed by atoms with Crippen molar-refractivity contribution in [3.63, 3.8) is 0 Å². The Morgan fingerprint density at radius 3 is 2.29 bits per heavy atom. The monoisotopic (exact) mass is 426 g/mol. The molecule has 0 atom stereocenters. The zero-order valence-corrected chi connectivity index (χ0v) is 18.0. The van der Waals surface area contributed by atoms with Gasteiger partial charge in [0, 0.05) is 42.7 Å². The number of carbonyl (C=O) groups excluding carboxylic acids is 3. The SMILES string of the molecule is CCCCNC(=O)c1cccc(NCC(=O)Nc2ccc(C(=O)NCCOC)cc2)c1. The number of amides is 3. The van der Waals surface area contributed by atoms with Crippen molar-refractivity contribution < 1.29 is 19.1 Å². The molecule has 8 heteroatoms. The molecular weight excluding hydrogens is 396 g/mol. The Balaban J connectivity index is 1.82. The number of nitrogens with one attached hydrogen (secondary N) is 4. The molecule has 31 heavy (non-hydrogen) atoms. The summed E-state index contributed by atoms with van der Waals surface area (Å²) in [6, 6.07) is 13.6. The molecule has 0 bridgehead atoms. The Hall–Kier alpha value is -3.39. The number of rotatable bonds is 12. The number of benzene rings is 2. The molecule has 2 aromatic carbocycles. The molecule has 2 rings (SSSR count).